The number of hydrogen-bond donors (Lipinski definition) is 0. The van der Waals surface area contributed by atoms with Crippen LogP contribution in [0.4, 0.5) is 0 Å². The predicted octanol–water partition coefficient (Wildman–Crippen LogP) is 2.99. The fraction of sp³-hybridized carbons (Fsp3) is 0.385. The summed E-state index contributed by atoms with van der Waals surface area (Å²) < 4.78 is 5.03. The number of aryl methyl sites for hydroxylation is 1. The summed E-state index contributed by atoms with van der Waals surface area (Å²) in [6.45, 7) is 4.58. The molecule has 0 amide bonds. The van der Waals surface area contributed by atoms with Crippen LogP contribution < -0.4 is 0 Å². The van der Waals surface area contributed by atoms with Crippen LogP contribution in [0.15, 0.2) is 36.9 Å². The van der Waals surface area contributed by atoms with Gasteiger partial charge in [0, 0.05) is 13.7 Å². The largest absolute Gasteiger partial charge is 0.385 e. The molecule has 1 rings (SSSR count). The monoisotopic (exact) mass is 190 g/mol. The molecule has 0 N–H and O–H groups in total. The van der Waals surface area contributed by atoms with E-state index in [0.29, 0.717) is 0 Å². The van der Waals surface area contributed by atoms with Crippen LogP contribution in [0.1, 0.15) is 17.5 Å². The molecule has 76 valence electrons. The molecule has 0 aliphatic heterocycles. The topological polar surface area (TPSA) is 9.23 Å². The molecule has 0 saturated carbocycles. The lowest BCUT2D eigenvalue weighted by atomic mass is 10.0. The molecule has 1 aromatic rings. The molecule has 0 aromatic heterocycles. The maximum Gasteiger partial charge on any atom is 0.0465 e. The molecule has 0 fully saturated rings. The fourth-order valence-electron chi connectivity index (χ4n) is 1.50. The van der Waals surface area contributed by atoms with E-state index in [2.05, 4.69) is 30.8 Å². The number of hydrogen-bond acceptors (Lipinski definition) is 1. The van der Waals surface area contributed by atoms with Crippen LogP contribution in [-0.4, -0.2) is 13.7 Å². The number of rotatable bonds is 6. The van der Waals surface area contributed by atoms with Gasteiger partial charge in [0.2, 0.25) is 0 Å². The van der Waals surface area contributed by atoms with Crippen molar-refractivity contribution in [3.63, 3.8) is 0 Å². The predicted molar refractivity (Wildman–Crippen MR) is 60.5 cm³/mol. The van der Waals surface area contributed by atoms with E-state index in [0.717, 1.165) is 25.9 Å². The van der Waals surface area contributed by atoms with Gasteiger partial charge in [-0.1, -0.05) is 30.3 Å². The zero-order chi connectivity index (χ0) is 10.2. The Morgan fingerprint density at radius 3 is 2.86 bits per heavy atom. The molecule has 0 saturated heterocycles. The molecule has 0 aliphatic rings. The summed E-state index contributed by atoms with van der Waals surface area (Å²) >= 11 is 0. The maximum absolute atomic E-state index is 5.03. The van der Waals surface area contributed by atoms with Gasteiger partial charge in [0.15, 0.2) is 0 Å². The first-order valence-electron chi connectivity index (χ1n) is 5.04. The second-order valence-corrected chi connectivity index (χ2v) is 3.41. The van der Waals surface area contributed by atoms with Crippen molar-refractivity contribution in [2.45, 2.75) is 19.3 Å². The fourth-order valence-corrected chi connectivity index (χ4v) is 1.50. The van der Waals surface area contributed by atoms with Crippen molar-refractivity contribution in [2.24, 2.45) is 0 Å². The van der Waals surface area contributed by atoms with Crippen LogP contribution in [0.25, 0.3) is 0 Å². The minimum absolute atomic E-state index is 0.839. The van der Waals surface area contributed by atoms with Gasteiger partial charge >= 0.3 is 0 Å². The number of benzene rings is 1. The lowest BCUT2D eigenvalue weighted by Gasteiger charge is -2.03. The van der Waals surface area contributed by atoms with Gasteiger partial charge < -0.3 is 4.74 Å². The van der Waals surface area contributed by atoms with Crippen LogP contribution in [0, 0.1) is 0 Å². The van der Waals surface area contributed by atoms with Crippen molar-refractivity contribution in [1.29, 1.82) is 0 Å². The molecule has 0 aliphatic carbocycles. The van der Waals surface area contributed by atoms with Gasteiger partial charge in [-0.15, -0.1) is 6.58 Å². The van der Waals surface area contributed by atoms with E-state index < -0.39 is 0 Å². The Morgan fingerprint density at radius 1 is 1.36 bits per heavy atom. The van der Waals surface area contributed by atoms with E-state index in [1.54, 1.807) is 7.11 Å². The Bertz CT molecular complexity index is 278. The Hall–Kier alpha value is -1.08. The smallest absolute Gasteiger partial charge is 0.0465 e. The van der Waals surface area contributed by atoms with E-state index in [4.69, 9.17) is 4.74 Å². The van der Waals surface area contributed by atoms with Crippen molar-refractivity contribution in [1.82, 2.24) is 0 Å². The molecule has 1 nitrogen and oxygen atoms in total. The summed E-state index contributed by atoms with van der Waals surface area (Å²) in [6.07, 6.45) is 5.08. The Morgan fingerprint density at radius 2 is 2.14 bits per heavy atom. The van der Waals surface area contributed by atoms with Crippen molar-refractivity contribution < 1.29 is 4.74 Å². The van der Waals surface area contributed by atoms with Crippen LogP contribution >= 0.6 is 0 Å². The van der Waals surface area contributed by atoms with E-state index in [9.17, 15) is 0 Å². The highest BCUT2D eigenvalue weighted by molar-refractivity contribution is 5.24. The maximum atomic E-state index is 5.03. The molecule has 0 heterocycles. The number of methoxy groups -OCH3 is 1. The summed E-state index contributed by atoms with van der Waals surface area (Å²) in [5, 5.41) is 0. The van der Waals surface area contributed by atoms with Crippen molar-refractivity contribution in [3.8, 4) is 0 Å². The first-order chi connectivity index (χ1) is 6.86. The van der Waals surface area contributed by atoms with Crippen LogP contribution in [0.5, 0.6) is 0 Å². The molecule has 1 aromatic carbocycles. The lowest BCUT2D eigenvalue weighted by molar-refractivity contribution is 0.195. The zero-order valence-corrected chi connectivity index (χ0v) is 8.83. The van der Waals surface area contributed by atoms with Crippen LogP contribution in [0.2, 0.25) is 0 Å². The third kappa shape index (κ3) is 3.75. The Kier molecular flexibility index (Phi) is 5.02. The highest BCUT2D eigenvalue weighted by Gasteiger charge is 1.94. The standard InChI is InChI=1S/C13H18O/c1-3-6-12-7-4-8-13(11-12)9-5-10-14-2/h3-4,7-8,11H,1,5-6,9-10H2,2H3. The first kappa shape index (κ1) is 11.0. The average molecular weight is 190 g/mol. The van der Waals surface area contributed by atoms with Gasteiger partial charge in [0.05, 0.1) is 0 Å². The number of ether oxygens (including phenoxy) is 1. The van der Waals surface area contributed by atoms with Crippen LogP contribution in [0.3, 0.4) is 0 Å². The average Bonchev–Trinajstić information content (AvgIpc) is 2.19. The molecule has 0 atom stereocenters. The molecule has 1 heteroatoms. The van der Waals surface area contributed by atoms with E-state index in [1.807, 2.05) is 6.08 Å². The first-order valence-corrected chi connectivity index (χ1v) is 5.04. The van der Waals surface area contributed by atoms with Gasteiger partial charge in [0.25, 0.3) is 0 Å². The van der Waals surface area contributed by atoms with Crippen LogP contribution in [-0.2, 0) is 17.6 Å². The minimum atomic E-state index is 0.839. The molecular formula is C13H18O. The van der Waals surface area contributed by atoms with E-state index in [-0.39, 0.29) is 0 Å². The van der Waals surface area contributed by atoms with Gasteiger partial charge in [-0.2, -0.15) is 0 Å². The van der Waals surface area contributed by atoms with Gasteiger partial charge in [-0.25, -0.2) is 0 Å². The summed E-state index contributed by atoms with van der Waals surface area (Å²) in [4.78, 5) is 0. The highest BCUT2D eigenvalue weighted by Crippen LogP contribution is 2.08. The lowest BCUT2D eigenvalue weighted by Crippen LogP contribution is -1.93. The minimum Gasteiger partial charge on any atom is -0.385 e. The summed E-state index contributed by atoms with van der Waals surface area (Å²) in [5.41, 5.74) is 2.73. The quantitative estimate of drug-likeness (QED) is 0.495. The molecule has 0 spiro atoms. The van der Waals surface area contributed by atoms with E-state index in [1.165, 1.54) is 11.1 Å². The Balaban J connectivity index is 2.50. The SMILES string of the molecule is C=CCc1cccc(CCCOC)c1. The van der Waals surface area contributed by atoms with E-state index >= 15 is 0 Å². The second-order valence-electron chi connectivity index (χ2n) is 3.41. The van der Waals surface area contributed by atoms with Gasteiger partial charge in [-0.05, 0) is 30.4 Å². The van der Waals surface area contributed by atoms with Crippen molar-refractivity contribution >= 4 is 0 Å². The second kappa shape index (κ2) is 6.39. The summed E-state index contributed by atoms with van der Waals surface area (Å²) in [7, 11) is 1.74. The molecule has 0 bridgehead atoms. The molecular weight excluding hydrogens is 172 g/mol. The third-order valence-corrected chi connectivity index (χ3v) is 2.19. The zero-order valence-electron chi connectivity index (χ0n) is 8.83. The molecule has 14 heavy (non-hydrogen) atoms. The van der Waals surface area contributed by atoms with Gasteiger partial charge in [-0.3, -0.25) is 0 Å². The molecule has 0 radical (unpaired) electrons. The molecule has 0 unspecified atom stereocenters. The van der Waals surface area contributed by atoms with Crippen molar-refractivity contribution in [3.05, 3.63) is 48.0 Å². The normalized spacial score (nSPS) is 10.1. The highest BCUT2D eigenvalue weighted by atomic mass is 16.5. The summed E-state index contributed by atoms with van der Waals surface area (Å²) in [6, 6.07) is 8.67. The van der Waals surface area contributed by atoms with Crippen molar-refractivity contribution in [2.75, 3.05) is 13.7 Å². The third-order valence-electron chi connectivity index (χ3n) is 2.19. The Labute approximate surface area is 86.4 Å². The number of allylic oxidation sites excluding steroid dienone is 1. The summed E-state index contributed by atoms with van der Waals surface area (Å²) in [5.74, 6) is 0. The van der Waals surface area contributed by atoms with Gasteiger partial charge in [0.1, 0.15) is 0 Å².